The number of aliphatic carboxylic acids is 1. The highest BCUT2D eigenvalue weighted by atomic mass is 32.2. The van der Waals surface area contributed by atoms with Crippen LogP contribution in [0.2, 0.25) is 0 Å². The summed E-state index contributed by atoms with van der Waals surface area (Å²) >= 11 is 0. The quantitative estimate of drug-likeness (QED) is 0.0359. The standard InChI is InChI=1S/C23H47NO2.C20H43NO3S.2H2O/c1-4-5-6-7-8-9-10-11-12-13-14-15-16-17-18-19-21-24(2,3)22-20-23(25)26;1-4-7-8-9-10-11-12-13-14-15-18-21(5-2,6-3)19-16-17-20-25(22,23)24;;/h4-22H2,1-3H3;4-20H2,1-3H3;2*1H2. The minimum Gasteiger partial charge on any atom is -0.870 e. The van der Waals surface area contributed by atoms with Crippen LogP contribution in [0, 0.1) is 0 Å². The summed E-state index contributed by atoms with van der Waals surface area (Å²) in [5.41, 5.74) is 0. The average Bonchev–Trinajstić information content (AvgIpc) is 3.09. The molecule has 0 unspecified atom stereocenters. The number of rotatable bonds is 38. The SMILES string of the molecule is CCCCCCCCCCCCCCCCCC[N+](C)(C)CCC(=O)O.CCCCCCCCCCCC[N+](CC)(CC)CCCCS(=O)(=O)O.[OH-].[OH-]. The molecule has 0 bridgehead atoms. The molecule has 53 heavy (non-hydrogen) atoms. The number of carbonyl (C=O) groups is 1. The maximum Gasteiger partial charge on any atom is 0.309 e. The van der Waals surface area contributed by atoms with Crippen LogP contribution >= 0.6 is 0 Å². The molecule has 0 aliphatic carbocycles. The Morgan fingerprint density at radius 1 is 0.453 bits per heavy atom. The van der Waals surface area contributed by atoms with Crippen LogP contribution in [0.25, 0.3) is 0 Å². The lowest BCUT2D eigenvalue weighted by Crippen LogP contribution is -2.49. The molecule has 0 aromatic rings. The number of hydrogen-bond acceptors (Lipinski definition) is 5. The molecule has 0 spiro atoms. The lowest BCUT2D eigenvalue weighted by molar-refractivity contribution is -0.925. The summed E-state index contributed by atoms with van der Waals surface area (Å²) < 4.78 is 32.4. The highest BCUT2D eigenvalue weighted by Crippen LogP contribution is 2.16. The number of carboxylic acid groups (broad SMARTS) is 1. The van der Waals surface area contributed by atoms with Crippen LogP contribution < -0.4 is 0 Å². The zero-order valence-electron chi connectivity index (χ0n) is 36.3. The third kappa shape index (κ3) is 45.5. The van der Waals surface area contributed by atoms with Gasteiger partial charge < -0.3 is 25.0 Å². The molecule has 0 rings (SSSR count). The first kappa shape index (κ1) is 58.9. The molecule has 4 N–H and O–H groups in total. The van der Waals surface area contributed by atoms with E-state index in [1.165, 1.54) is 173 Å². The van der Waals surface area contributed by atoms with E-state index in [1.807, 2.05) is 0 Å². The first-order chi connectivity index (χ1) is 24.4. The predicted octanol–water partition coefficient (Wildman–Crippen LogP) is 11.9. The number of carboxylic acids is 1. The fraction of sp³-hybridized carbons (Fsp3) is 0.977. The first-order valence-corrected chi connectivity index (χ1v) is 23.8. The van der Waals surface area contributed by atoms with E-state index < -0.39 is 16.1 Å². The molecule has 0 atom stereocenters. The zero-order chi connectivity index (χ0) is 38.5. The molecule has 0 aromatic heterocycles. The van der Waals surface area contributed by atoms with Gasteiger partial charge in [-0.25, -0.2) is 0 Å². The van der Waals surface area contributed by atoms with Crippen LogP contribution in [0.4, 0.5) is 0 Å². The lowest BCUT2D eigenvalue weighted by atomic mass is 10.0. The second kappa shape index (κ2) is 40.9. The van der Waals surface area contributed by atoms with Gasteiger partial charge >= 0.3 is 5.97 Å². The van der Waals surface area contributed by atoms with Crippen molar-refractivity contribution in [2.75, 3.05) is 59.1 Å². The van der Waals surface area contributed by atoms with Crippen LogP contribution in [0.5, 0.6) is 0 Å². The van der Waals surface area contributed by atoms with E-state index in [4.69, 9.17) is 9.66 Å². The summed E-state index contributed by atoms with van der Waals surface area (Å²) in [6.45, 7) is 15.3. The molecule has 0 heterocycles. The van der Waals surface area contributed by atoms with Crippen molar-refractivity contribution in [3.05, 3.63) is 0 Å². The Kier molecular flexibility index (Phi) is 45.4. The second-order valence-corrected chi connectivity index (χ2v) is 18.0. The lowest BCUT2D eigenvalue weighted by Gasteiger charge is -2.37. The Morgan fingerprint density at radius 3 is 1.02 bits per heavy atom. The zero-order valence-corrected chi connectivity index (χ0v) is 37.1. The normalized spacial score (nSPS) is 11.8. The van der Waals surface area contributed by atoms with Crippen molar-refractivity contribution in [1.82, 2.24) is 0 Å². The van der Waals surface area contributed by atoms with Crippen molar-refractivity contribution in [3.63, 3.8) is 0 Å². The van der Waals surface area contributed by atoms with E-state index in [0.29, 0.717) is 6.42 Å². The van der Waals surface area contributed by atoms with E-state index in [0.717, 1.165) is 48.1 Å². The molecular formula is C43H94N2O7S. The average molecular weight is 783 g/mol. The predicted molar refractivity (Wildman–Crippen MR) is 226 cm³/mol. The summed E-state index contributed by atoms with van der Waals surface area (Å²) in [5, 5.41) is 8.78. The molecule has 10 heteroatoms. The van der Waals surface area contributed by atoms with Crippen molar-refractivity contribution >= 4 is 16.1 Å². The molecular weight excluding hydrogens is 689 g/mol. The van der Waals surface area contributed by atoms with E-state index in [-0.39, 0.29) is 23.1 Å². The van der Waals surface area contributed by atoms with Crippen LogP contribution in [0.3, 0.4) is 0 Å². The van der Waals surface area contributed by atoms with Gasteiger partial charge in [-0.1, -0.05) is 155 Å². The van der Waals surface area contributed by atoms with Crippen molar-refractivity contribution in [1.29, 1.82) is 0 Å². The highest BCUT2D eigenvalue weighted by Gasteiger charge is 2.22. The number of unbranched alkanes of at least 4 members (excludes halogenated alkanes) is 25. The van der Waals surface area contributed by atoms with Crippen LogP contribution in [-0.4, -0.2) is 103 Å². The van der Waals surface area contributed by atoms with Gasteiger partial charge in [0.05, 0.1) is 65.5 Å². The summed E-state index contributed by atoms with van der Waals surface area (Å²) in [4.78, 5) is 10.7. The van der Waals surface area contributed by atoms with E-state index in [2.05, 4.69) is 41.8 Å². The van der Waals surface area contributed by atoms with Crippen LogP contribution in [0.1, 0.15) is 214 Å². The fourth-order valence-electron chi connectivity index (χ4n) is 7.23. The molecule has 9 nitrogen and oxygen atoms in total. The Labute approximate surface area is 331 Å². The summed E-state index contributed by atoms with van der Waals surface area (Å²) in [7, 11) is 0.494. The first-order valence-electron chi connectivity index (χ1n) is 22.2. The Bertz CT molecular complexity index is 852. The van der Waals surface area contributed by atoms with E-state index in [1.54, 1.807) is 0 Å². The van der Waals surface area contributed by atoms with Gasteiger partial charge in [-0.3, -0.25) is 9.35 Å². The third-order valence-electron chi connectivity index (χ3n) is 11.2. The van der Waals surface area contributed by atoms with Crippen LogP contribution in [0.15, 0.2) is 0 Å². The highest BCUT2D eigenvalue weighted by molar-refractivity contribution is 7.85. The molecule has 0 fully saturated rings. The van der Waals surface area contributed by atoms with Gasteiger partial charge in [-0.2, -0.15) is 8.42 Å². The molecule has 0 saturated heterocycles. The van der Waals surface area contributed by atoms with E-state index in [9.17, 15) is 13.2 Å². The smallest absolute Gasteiger partial charge is 0.309 e. The molecule has 0 aromatic carbocycles. The van der Waals surface area contributed by atoms with Gasteiger partial charge in [0.25, 0.3) is 10.1 Å². The van der Waals surface area contributed by atoms with Gasteiger partial charge in [-0.05, 0) is 52.4 Å². The summed E-state index contributed by atoms with van der Waals surface area (Å²) in [6, 6.07) is 0. The Hall–Kier alpha value is -0.780. The maximum absolute atomic E-state index is 10.8. The molecule has 324 valence electrons. The number of nitrogens with zero attached hydrogens (tertiary/aromatic N) is 2. The Morgan fingerprint density at radius 2 is 0.736 bits per heavy atom. The van der Waals surface area contributed by atoms with Gasteiger partial charge in [0.2, 0.25) is 0 Å². The minimum absolute atomic E-state index is 0. The summed E-state index contributed by atoms with van der Waals surface area (Å²) in [5.74, 6) is -0.776. The minimum atomic E-state index is -3.80. The van der Waals surface area contributed by atoms with Crippen LogP contribution in [-0.2, 0) is 14.9 Å². The second-order valence-electron chi connectivity index (χ2n) is 16.4. The van der Waals surface area contributed by atoms with Crippen molar-refractivity contribution in [2.45, 2.75) is 214 Å². The monoisotopic (exact) mass is 783 g/mol. The van der Waals surface area contributed by atoms with Gasteiger partial charge in [0.15, 0.2) is 0 Å². The maximum atomic E-state index is 10.8. The Balaban J connectivity index is -0.000000437. The van der Waals surface area contributed by atoms with Crippen molar-refractivity contribution in [3.8, 4) is 0 Å². The van der Waals surface area contributed by atoms with Gasteiger partial charge in [-0.15, -0.1) is 0 Å². The largest absolute Gasteiger partial charge is 0.870 e. The molecule has 0 amide bonds. The number of hydrogen-bond donors (Lipinski definition) is 2. The summed E-state index contributed by atoms with van der Waals surface area (Å²) in [6.07, 6.45) is 37.7. The molecule has 0 radical (unpaired) electrons. The van der Waals surface area contributed by atoms with Gasteiger partial charge in [0.1, 0.15) is 0 Å². The molecule has 0 aliphatic heterocycles. The molecule has 0 saturated carbocycles. The topological polar surface area (TPSA) is 152 Å². The number of quaternary nitrogens is 2. The van der Waals surface area contributed by atoms with Gasteiger partial charge in [0, 0.05) is 0 Å². The van der Waals surface area contributed by atoms with Crippen molar-refractivity contribution in [2.24, 2.45) is 0 Å². The van der Waals surface area contributed by atoms with E-state index >= 15 is 0 Å². The third-order valence-corrected chi connectivity index (χ3v) is 12.0. The fourth-order valence-corrected chi connectivity index (χ4v) is 7.80. The molecule has 0 aliphatic rings. The van der Waals surface area contributed by atoms with Crippen molar-refractivity contribution < 1.29 is 42.8 Å².